The number of morpholine rings is 1. The quantitative estimate of drug-likeness (QED) is 0.791. The lowest BCUT2D eigenvalue weighted by molar-refractivity contribution is -0.143. The van der Waals surface area contributed by atoms with E-state index in [0.29, 0.717) is 38.6 Å². The molecular weight excluding hydrogens is 348 g/mol. The Balaban J connectivity index is 1.45. The summed E-state index contributed by atoms with van der Waals surface area (Å²) >= 11 is 1.65. The summed E-state index contributed by atoms with van der Waals surface area (Å²) in [7, 11) is 0. The molecule has 0 radical (unpaired) electrons. The number of aryl methyl sites for hydroxylation is 1. The topological polar surface area (TPSA) is 49.9 Å². The predicted octanol–water partition coefficient (Wildman–Crippen LogP) is 2.33. The monoisotopic (exact) mass is 376 g/mol. The van der Waals surface area contributed by atoms with E-state index in [1.807, 2.05) is 9.80 Å². The molecule has 0 aromatic heterocycles. The zero-order valence-corrected chi connectivity index (χ0v) is 16.3. The van der Waals surface area contributed by atoms with Gasteiger partial charge in [-0.2, -0.15) is 0 Å². The van der Waals surface area contributed by atoms with Gasteiger partial charge in [0, 0.05) is 31.9 Å². The Labute approximate surface area is 160 Å². The fourth-order valence-corrected chi connectivity index (χ4v) is 4.37. The van der Waals surface area contributed by atoms with Crippen LogP contribution in [0, 0.1) is 12.8 Å². The molecule has 3 rings (SSSR count). The first-order valence-electron chi connectivity index (χ1n) is 9.41. The molecular formula is C20H28N2O3S. The number of amides is 2. The Morgan fingerprint density at radius 3 is 2.58 bits per heavy atom. The first-order valence-corrected chi connectivity index (χ1v) is 10.6. The third-order valence-electron chi connectivity index (χ3n) is 5.06. The molecule has 2 heterocycles. The number of carbonyl (C=O) groups is 2. The van der Waals surface area contributed by atoms with Gasteiger partial charge in [0.1, 0.15) is 0 Å². The highest BCUT2D eigenvalue weighted by molar-refractivity contribution is 7.99. The van der Waals surface area contributed by atoms with Crippen molar-refractivity contribution in [2.24, 2.45) is 5.92 Å². The van der Waals surface area contributed by atoms with Crippen LogP contribution in [0.2, 0.25) is 0 Å². The summed E-state index contributed by atoms with van der Waals surface area (Å²) in [5.41, 5.74) is 2.49. The van der Waals surface area contributed by atoms with Gasteiger partial charge >= 0.3 is 0 Å². The molecule has 2 aliphatic heterocycles. The van der Waals surface area contributed by atoms with E-state index in [4.69, 9.17) is 4.74 Å². The minimum absolute atomic E-state index is 0.0482. The van der Waals surface area contributed by atoms with Crippen LogP contribution >= 0.6 is 11.8 Å². The predicted molar refractivity (Wildman–Crippen MR) is 104 cm³/mol. The van der Waals surface area contributed by atoms with Gasteiger partial charge < -0.3 is 14.5 Å². The zero-order valence-electron chi connectivity index (χ0n) is 15.5. The molecule has 26 heavy (non-hydrogen) atoms. The summed E-state index contributed by atoms with van der Waals surface area (Å²) in [6.07, 6.45) is 1.80. The molecule has 2 amide bonds. The highest BCUT2D eigenvalue weighted by atomic mass is 32.2. The number of benzene rings is 1. The summed E-state index contributed by atoms with van der Waals surface area (Å²) in [6.45, 7) is 6.02. The molecule has 2 saturated heterocycles. The minimum Gasteiger partial charge on any atom is -0.378 e. The summed E-state index contributed by atoms with van der Waals surface area (Å²) in [5.74, 6) is 1.62. The van der Waals surface area contributed by atoms with E-state index in [9.17, 15) is 9.59 Å². The Kier molecular flexibility index (Phi) is 6.97. The van der Waals surface area contributed by atoms with Gasteiger partial charge in [0.25, 0.3) is 0 Å². The van der Waals surface area contributed by atoms with E-state index in [-0.39, 0.29) is 17.7 Å². The van der Waals surface area contributed by atoms with Gasteiger partial charge in [0.15, 0.2) is 0 Å². The van der Waals surface area contributed by atoms with E-state index >= 15 is 0 Å². The first-order chi connectivity index (χ1) is 12.6. The van der Waals surface area contributed by atoms with Gasteiger partial charge in [-0.15, -0.1) is 11.8 Å². The maximum atomic E-state index is 12.7. The summed E-state index contributed by atoms with van der Waals surface area (Å²) in [5, 5.41) is 0. The number of likely N-dealkylation sites (tertiary alicyclic amines) is 1. The fourth-order valence-electron chi connectivity index (χ4n) is 3.48. The highest BCUT2D eigenvalue weighted by Gasteiger charge is 2.31. The number of thioether (sulfide) groups is 1. The lowest BCUT2D eigenvalue weighted by Crippen LogP contribution is -2.49. The van der Waals surface area contributed by atoms with Gasteiger partial charge in [0.2, 0.25) is 11.8 Å². The van der Waals surface area contributed by atoms with E-state index < -0.39 is 0 Å². The second kappa shape index (κ2) is 9.42. The molecule has 142 valence electrons. The maximum Gasteiger partial charge on any atom is 0.232 e. The zero-order chi connectivity index (χ0) is 18.4. The van der Waals surface area contributed by atoms with Gasteiger partial charge in [0.05, 0.1) is 24.9 Å². The molecule has 2 fully saturated rings. The van der Waals surface area contributed by atoms with Gasteiger partial charge in [-0.1, -0.05) is 29.8 Å². The van der Waals surface area contributed by atoms with Crippen LogP contribution in [0.25, 0.3) is 0 Å². The standard InChI is InChI=1S/C20H28N2O3S/c1-16-4-6-17(7-5-16)14-26-15-19(23)22-8-2-3-18(13-22)20(24)21-9-11-25-12-10-21/h4-7,18H,2-3,8-15H2,1H3. The normalized spacial score (nSPS) is 20.9. The van der Waals surface area contributed by atoms with Crippen LogP contribution in [0.15, 0.2) is 24.3 Å². The molecule has 2 aliphatic rings. The number of hydrogen-bond acceptors (Lipinski definition) is 4. The van der Waals surface area contributed by atoms with Crippen LogP contribution in [0.3, 0.4) is 0 Å². The summed E-state index contributed by atoms with van der Waals surface area (Å²) in [6, 6.07) is 8.43. The van der Waals surface area contributed by atoms with Crippen molar-refractivity contribution in [1.29, 1.82) is 0 Å². The van der Waals surface area contributed by atoms with Crippen molar-refractivity contribution in [1.82, 2.24) is 9.80 Å². The van der Waals surface area contributed by atoms with E-state index in [1.165, 1.54) is 11.1 Å². The summed E-state index contributed by atoms with van der Waals surface area (Å²) in [4.78, 5) is 29.0. The average Bonchev–Trinajstić information content (AvgIpc) is 2.69. The molecule has 1 atom stereocenters. The average molecular weight is 377 g/mol. The van der Waals surface area contributed by atoms with E-state index in [1.54, 1.807) is 11.8 Å². The lowest BCUT2D eigenvalue weighted by Gasteiger charge is -2.36. The second-order valence-corrected chi connectivity index (χ2v) is 8.08. The second-order valence-electron chi connectivity index (χ2n) is 7.09. The van der Waals surface area contributed by atoms with Crippen molar-refractivity contribution in [3.8, 4) is 0 Å². The molecule has 1 aromatic carbocycles. The number of nitrogens with zero attached hydrogens (tertiary/aromatic N) is 2. The van der Waals surface area contributed by atoms with Crippen molar-refractivity contribution in [2.45, 2.75) is 25.5 Å². The number of hydrogen-bond donors (Lipinski definition) is 0. The summed E-state index contributed by atoms with van der Waals surface area (Å²) < 4.78 is 5.32. The van der Waals surface area contributed by atoms with Crippen LogP contribution in [-0.4, -0.2) is 66.8 Å². The van der Waals surface area contributed by atoms with Gasteiger partial charge in [-0.05, 0) is 25.3 Å². The Bertz CT molecular complexity index is 614. The van der Waals surface area contributed by atoms with Gasteiger partial charge in [-0.3, -0.25) is 9.59 Å². The Morgan fingerprint density at radius 1 is 1.12 bits per heavy atom. The molecule has 0 aliphatic carbocycles. The van der Waals surface area contributed by atoms with Crippen LogP contribution in [-0.2, 0) is 20.1 Å². The van der Waals surface area contributed by atoms with Crippen LogP contribution in [0.5, 0.6) is 0 Å². The fraction of sp³-hybridized carbons (Fsp3) is 0.600. The molecule has 1 unspecified atom stereocenters. The third-order valence-corrected chi connectivity index (χ3v) is 6.05. The van der Waals surface area contributed by atoms with Crippen LogP contribution in [0.4, 0.5) is 0 Å². The lowest BCUT2D eigenvalue weighted by atomic mass is 9.96. The van der Waals surface area contributed by atoms with Crippen molar-refractivity contribution in [2.75, 3.05) is 45.1 Å². The Morgan fingerprint density at radius 2 is 1.85 bits per heavy atom. The molecule has 0 saturated carbocycles. The molecule has 6 heteroatoms. The largest absolute Gasteiger partial charge is 0.378 e. The van der Waals surface area contributed by atoms with Crippen molar-refractivity contribution < 1.29 is 14.3 Å². The number of carbonyl (C=O) groups excluding carboxylic acids is 2. The van der Waals surface area contributed by atoms with Gasteiger partial charge in [-0.25, -0.2) is 0 Å². The molecule has 5 nitrogen and oxygen atoms in total. The number of piperidine rings is 1. The number of rotatable bonds is 5. The van der Waals surface area contributed by atoms with Crippen LogP contribution < -0.4 is 0 Å². The highest BCUT2D eigenvalue weighted by Crippen LogP contribution is 2.21. The molecule has 0 N–H and O–H groups in total. The van der Waals surface area contributed by atoms with Crippen molar-refractivity contribution in [3.63, 3.8) is 0 Å². The molecule has 0 spiro atoms. The third kappa shape index (κ3) is 5.24. The van der Waals surface area contributed by atoms with E-state index in [0.717, 1.165) is 25.1 Å². The van der Waals surface area contributed by atoms with E-state index in [2.05, 4.69) is 31.2 Å². The SMILES string of the molecule is Cc1ccc(CSCC(=O)N2CCCC(C(=O)N3CCOCC3)C2)cc1. The number of ether oxygens (including phenoxy) is 1. The smallest absolute Gasteiger partial charge is 0.232 e. The Hall–Kier alpha value is -1.53. The minimum atomic E-state index is -0.0482. The van der Waals surface area contributed by atoms with Crippen LogP contribution in [0.1, 0.15) is 24.0 Å². The molecule has 0 bridgehead atoms. The van der Waals surface area contributed by atoms with Crippen molar-refractivity contribution in [3.05, 3.63) is 35.4 Å². The molecule has 1 aromatic rings. The first kappa shape index (κ1) is 19.2. The van der Waals surface area contributed by atoms with Crippen molar-refractivity contribution >= 4 is 23.6 Å². The maximum absolute atomic E-state index is 12.7.